The number of carbonyl (C=O) groups excluding carboxylic acids is 1. The molecule has 0 atom stereocenters. The maximum absolute atomic E-state index is 12.4. The molecular formula is C12H20F3N3O2. The predicted octanol–water partition coefficient (Wildman–Crippen LogP) is 2.09. The second-order valence-electron chi connectivity index (χ2n) is 5.26. The van der Waals surface area contributed by atoms with Gasteiger partial charge in [-0.15, -0.1) is 0 Å². The second kappa shape index (κ2) is 6.32. The van der Waals surface area contributed by atoms with Crippen molar-refractivity contribution < 1.29 is 23.2 Å². The molecule has 20 heavy (non-hydrogen) atoms. The molecule has 0 heterocycles. The van der Waals surface area contributed by atoms with Gasteiger partial charge in [-0.2, -0.15) is 13.2 Å². The maximum atomic E-state index is 12.4. The summed E-state index contributed by atoms with van der Waals surface area (Å²) in [5.41, 5.74) is 4.31. The largest absolute Gasteiger partial charge is 0.409 e. The van der Waals surface area contributed by atoms with E-state index in [-0.39, 0.29) is 5.84 Å². The van der Waals surface area contributed by atoms with Gasteiger partial charge < -0.3 is 15.8 Å². The van der Waals surface area contributed by atoms with Crippen LogP contribution in [0.25, 0.3) is 0 Å². The zero-order chi connectivity index (χ0) is 15.4. The van der Waals surface area contributed by atoms with Crippen molar-refractivity contribution in [2.24, 2.45) is 16.3 Å². The molecule has 0 saturated heterocycles. The molecule has 1 fully saturated rings. The molecular weight excluding hydrogens is 275 g/mol. The molecule has 5 nitrogen and oxygen atoms in total. The number of hydrogen-bond donors (Lipinski definition) is 2. The molecule has 0 aromatic heterocycles. The minimum atomic E-state index is -4.47. The molecule has 0 spiro atoms. The first kappa shape index (κ1) is 16.6. The van der Waals surface area contributed by atoms with E-state index in [0.29, 0.717) is 30.6 Å². The average Bonchev–Trinajstić information content (AvgIpc) is 2.61. The molecule has 0 aromatic carbocycles. The molecule has 1 rings (SSSR count). The van der Waals surface area contributed by atoms with Crippen LogP contribution < -0.4 is 5.73 Å². The number of carbonyl (C=O) groups is 1. The quantitative estimate of drug-likeness (QED) is 0.275. The first-order valence-corrected chi connectivity index (χ1v) is 6.53. The molecule has 1 amide bonds. The number of amides is 1. The monoisotopic (exact) mass is 295 g/mol. The van der Waals surface area contributed by atoms with Gasteiger partial charge >= 0.3 is 6.18 Å². The van der Waals surface area contributed by atoms with Crippen molar-refractivity contribution in [3.63, 3.8) is 0 Å². The Morgan fingerprint density at radius 3 is 2.20 bits per heavy atom. The SMILES string of the molecule is CN(CC(F)(F)F)C(=O)C1(C(N)=NO)CCCCCC1. The highest BCUT2D eigenvalue weighted by atomic mass is 19.4. The lowest BCUT2D eigenvalue weighted by Crippen LogP contribution is -2.52. The number of nitrogens with two attached hydrogens (primary N) is 1. The van der Waals surface area contributed by atoms with Gasteiger partial charge in [0, 0.05) is 7.05 Å². The van der Waals surface area contributed by atoms with Crippen LogP contribution in [0.5, 0.6) is 0 Å². The molecule has 1 aliphatic rings. The van der Waals surface area contributed by atoms with Crippen LogP contribution in [0.15, 0.2) is 5.16 Å². The Morgan fingerprint density at radius 2 is 1.80 bits per heavy atom. The molecule has 1 saturated carbocycles. The number of oxime groups is 1. The minimum Gasteiger partial charge on any atom is -0.409 e. The van der Waals surface area contributed by atoms with E-state index in [2.05, 4.69) is 5.16 Å². The van der Waals surface area contributed by atoms with Crippen molar-refractivity contribution in [3.05, 3.63) is 0 Å². The van der Waals surface area contributed by atoms with Crippen molar-refractivity contribution in [1.29, 1.82) is 0 Å². The van der Waals surface area contributed by atoms with Crippen LogP contribution in [0, 0.1) is 5.41 Å². The molecule has 0 aliphatic heterocycles. The Bertz CT molecular complexity index is 375. The van der Waals surface area contributed by atoms with Crippen molar-refractivity contribution in [2.75, 3.05) is 13.6 Å². The lowest BCUT2D eigenvalue weighted by atomic mass is 9.77. The highest BCUT2D eigenvalue weighted by Crippen LogP contribution is 2.37. The number of amidine groups is 1. The smallest absolute Gasteiger partial charge is 0.406 e. The summed E-state index contributed by atoms with van der Waals surface area (Å²) in [4.78, 5) is 13.0. The van der Waals surface area contributed by atoms with Gasteiger partial charge in [0.2, 0.25) is 5.91 Å². The Hall–Kier alpha value is -1.47. The summed E-state index contributed by atoms with van der Waals surface area (Å²) in [5, 5.41) is 11.8. The number of rotatable bonds is 3. The third kappa shape index (κ3) is 3.77. The molecule has 0 bridgehead atoms. The van der Waals surface area contributed by atoms with Gasteiger partial charge in [-0.1, -0.05) is 30.8 Å². The van der Waals surface area contributed by atoms with Crippen LogP contribution in [-0.2, 0) is 4.79 Å². The zero-order valence-corrected chi connectivity index (χ0v) is 11.4. The van der Waals surface area contributed by atoms with Crippen molar-refractivity contribution in [1.82, 2.24) is 4.90 Å². The standard InChI is InChI=1S/C12H20F3N3O2/c1-18(8-12(13,14)15)10(19)11(9(16)17-20)6-4-2-3-5-7-11/h20H,2-8H2,1H3,(H2,16,17). The Kier molecular flexibility index (Phi) is 5.24. The van der Waals surface area contributed by atoms with Crippen LogP contribution in [0.3, 0.4) is 0 Å². The lowest BCUT2D eigenvalue weighted by Gasteiger charge is -2.34. The fourth-order valence-corrected chi connectivity index (χ4v) is 2.71. The van der Waals surface area contributed by atoms with E-state index < -0.39 is 24.0 Å². The van der Waals surface area contributed by atoms with Crippen molar-refractivity contribution in [3.8, 4) is 0 Å². The third-order valence-electron chi connectivity index (χ3n) is 3.73. The number of hydrogen-bond acceptors (Lipinski definition) is 3. The lowest BCUT2D eigenvalue weighted by molar-refractivity contribution is -0.163. The van der Waals surface area contributed by atoms with E-state index in [1.807, 2.05) is 0 Å². The van der Waals surface area contributed by atoms with Crippen LogP contribution in [0.4, 0.5) is 13.2 Å². The normalized spacial score (nSPS) is 20.3. The van der Waals surface area contributed by atoms with Crippen LogP contribution in [0.1, 0.15) is 38.5 Å². The van der Waals surface area contributed by atoms with Gasteiger partial charge in [0.15, 0.2) is 5.84 Å². The van der Waals surface area contributed by atoms with Gasteiger partial charge in [0.1, 0.15) is 12.0 Å². The fourth-order valence-electron chi connectivity index (χ4n) is 2.71. The first-order chi connectivity index (χ1) is 9.23. The Morgan fingerprint density at radius 1 is 1.30 bits per heavy atom. The van der Waals surface area contributed by atoms with E-state index in [0.717, 1.165) is 19.9 Å². The van der Waals surface area contributed by atoms with Crippen molar-refractivity contribution >= 4 is 11.7 Å². The minimum absolute atomic E-state index is 0.293. The highest BCUT2D eigenvalue weighted by Gasteiger charge is 2.46. The van der Waals surface area contributed by atoms with E-state index >= 15 is 0 Å². The summed E-state index contributed by atoms with van der Waals surface area (Å²) < 4.78 is 37.3. The summed E-state index contributed by atoms with van der Waals surface area (Å²) >= 11 is 0. The Labute approximate surface area is 115 Å². The van der Waals surface area contributed by atoms with Gasteiger partial charge in [-0.25, -0.2) is 0 Å². The molecule has 116 valence electrons. The molecule has 0 aromatic rings. The second-order valence-corrected chi connectivity index (χ2v) is 5.26. The topological polar surface area (TPSA) is 78.9 Å². The number of alkyl halides is 3. The number of nitrogens with zero attached hydrogens (tertiary/aromatic N) is 2. The van der Waals surface area contributed by atoms with Crippen molar-refractivity contribution in [2.45, 2.75) is 44.7 Å². The highest BCUT2D eigenvalue weighted by molar-refractivity contribution is 6.06. The van der Waals surface area contributed by atoms with Gasteiger partial charge in [-0.3, -0.25) is 4.79 Å². The fraction of sp³-hybridized carbons (Fsp3) is 0.833. The van der Waals surface area contributed by atoms with Gasteiger partial charge in [0.25, 0.3) is 0 Å². The van der Waals surface area contributed by atoms with E-state index in [1.54, 1.807) is 0 Å². The molecule has 1 aliphatic carbocycles. The predicted molar refractivity (Wildman–Crippen MR) is 67.2 cm³/mol. The van der Waals surface area contributed by atoms with Crippen LogP contribution >= 0.6 is 0 Å². The average molecular weight is 295 g/mol. The van der Waals surface area contributed by atoms with Gasteiger partial charge in [-0.05, 0) is 12.8 Å². The zero-order valence-electron chi connectivity index (χ0n) is 11.4. The summed E-state index contributed by atoms with van der Waals surface area (Å²) in [5.74, 6) is -1.02. The molecule has 0 radical (unpaired) electrons. The van der Waals surface area contributed by atoms with E-state index in [4.69, 9.17) is 10.9 Å². The molecule has 0 unspecified atom stereocenters. The summed E-state index contributed by atoms with van der Waals surface area (Å²) in [6, 6.07) is 0. The number of halogens is 3. The summed E-state index contributed by atoms with van der Waals surface area (Å²) in [7, 11) is 1.09. The van der Waals surface area contributed by atoms with E-state index in [9.17, 15) is 18.0 Å². The Balaban J connectivity index is 3.01. The van der Waals surface area contributed by atoms with Gasteiger partial charge in [0.05, 0.1) is 0 Å². The van der Waals surface area contributed by atoms with E-state index in [1.165, 1.54) is 0 Å². The van der Waals surface area contributed by atoms with Crippen LogP contribution in [-0.4, -0.2) is 41.6 Å². The molecule has 8 heteroatoms. The summed E-state index contributed by atoms with van der Waals surface area (Å²) in [6.45, 7) is -1.34. The third-order valence-corrected chi connectivity index (χ3v) is 3.73. The summed E-state index contributed by atoms with van der Waals surface area (Å²) in [6.07, 6.45) is -0.744. The first-order valence-electron chi connectivity index (χ1n) is 6.53. The molecule has 3 N–H and O–H groups in total. The maximum Gasteiger partial charge on any atom is 0.406 e. The van der Waals surface area contributed by atoms with Crippen LogP contribution in [0.2, 0.25) is 0 Å².